The highest BCUT2D eigenvalue weighted by Crippen LogP contribution is 2.15. The van der Waals surface area contributed by atoms with Gasteiger partial charge in [0.1, 0.15) is 10.0 Å². The second-order valence-electron chi connectivity index (χ2n) is 4.12. The van der Waals surface area contributed by atoms with E-state index >= 15 is 0 Å². The van der Waals surface area contributed by atoms with Crippen LogP contribution in [-0.4, -0.2) is 33.6 Å². The molecular weight excluding hydrogens is 292 g/mol. The van der Waals surface area contributed by atoms with Gasteiger partial charge >= 0.3 is 0 Å². The van der Waals surface area contributed by atoms with Crippen LogP contribution in [0.3, 0.4) is 0 Å². The van der Waals surface area contributed by atoms with Crippen LogP contribution in [0, 0.1) is 0 Å². The monoisotopic (exact) mass is 302 g/mol. The van der Waals surface area contributed by atoms with E-state index in [1.165, 1.54) is 12.4 Å². The Kier molecular flexibility index (Phi) is 3.46. The van der Waals surface area contributed by atoms with Crippen molar-refractivity contribution in [3.05, 3.63) is 33.8 Å². The van der Waals surface area contributed by atoms with Gasteiger partial charge in [-0.15, -0.1) is 0 Å². The Morgan fingerprint density at radius 2 is 2.11 bits per heavy atom. The molecule has 1 N–H and O–H groups in total. The van der Waals surface area contributed by atoms with Crippen molar-refractivity contribution in [2.75, 3.05) is 0 Å². The highest BCUT2D eigenvalue weighted by molar-refractivity contribution is 7.92. The predicted molar refractivity (Wildman–Crippen MR) is 69.3 cm³/mol. The minimum absolute atomic E-state index is 0.0404. The van der Waals surface area contributed by atoms with E-state index in [-0.39, 0.29) is 15.9 Å². The van der Waals surface area contributed by atoms with Crippen LogP contribution in [0.5, 0.6) is 0 Å². The first kappa shape index (κ1) is 13.8. The van der Waals surface area contributed by atoms with E-state index in [2.05, 4.69) is 15.3 Å². The maximum atomic E-state index is 11.9. The highest BCUT2D eigenvalue weighted by Gasteiger charge is 2.21. The van der Waals surface area contributed by atoms with Crippen molar-refractivity contribution in [2.45, 2.75) is 24.0 Å². The van der Waals surface area contributed by atoms with E-state index in [1.807, 2.05) is 0 Å². The lowest BCUT2D eigenvalue weighted by molar-refractivity contribution is 0.587. The lowest BCUT2D eigenvalue weighted by atomic mass is 10.5. The van der Waals surface area contributed by atoms with Crippen LogP contribution in [0.2, 0.25) is 5.15 Å². The second kappa shape index (κ2) is 4.78. The van der Waals surface area contributed by atoms with Crippen molar-refractivity contribution >= 4 is 21.4 Å². The smallest absolute Gasteiger partial charge is 0.227 e. The van der Waals surface area contributed by atoms with Gasteiger partial charge in [-0.1, -0.05) is 11.6 Å². The van der Waals surface area contributed by atoms with E-state index in [0.29, 0.717) is 0 Å². The number of rotatable bonds is 3. The van der Waals surface area contributed by atoms with Crippen LogP contribution < -0.4 is 5.43 Å². The predicted octanol–water partition coefficient (Wildman–Crippen LogP) is 0.791. The summed E-state index contributed by atoms with van der Waals surface area (Å²) in [6, 6.07) is 1.14. The summed E-state index contributed by atoms with van der Waals surface area (Å²) in [5.74, 6) is -0.0467. The summed E-state index contributed by atoms with van der Waals surface area (Å²) in [5.41, 5.74) is -0.458. The van der Waals surface area contributed by atoms with Gasteiger partial charge in [0, 0.05) is 6.07 Å². The topological polar surface area (TPSA) is 97.7 Å². The molecule has 0 unspecified atom stereocenters. The molecule has 0 fully saturated rings. The number of hydrogen-bond donors (Lipinski definition) is 1. The van der Waals surface area contributed by atoms with Crippen LogP contribution in [0.15, 0.2) is 28.2 Å². The summed E-state index contributed by atoms with van der Waals surface area (Å²) >= 11 is 5.58. The molecule has 0 atom stereocenters. The Labute approximate surface area is 114 Å². The van der Waals surface area contributed by atoms with Crippen molar-refractivity contribution in [1.29, 1.82) is 0 Å². The summed E-state index contributed by atoms with van der Waals surface area (Å²) < 4.78 is 25.0. The van der Waals surface area contributed by atoms with E-state index < -0.39 is 20.5 Å². The zero-order valence-electron chi connectivity index (χ0n) is 10.2. The maximum absolute atomic E-state index is 11.9. The van der Waals surface area contributed by atoms with Crippen molar-refractivity contribution in [3.8, 4) is 5.82 Å². The molecule has 0 spiro atoms. The SMILES string of the molecule is CC(C)S(=O)(=O)c1cnn(-c2n[nH]c(Cl)cc2=O)c1. The van der Waals surface area contributed by atoms with Crippen molar-refractivity contribution in [1.82, 2.24) is 20.0 Å². The largest absolute Gasteiger partial charge is 0.286 e. The number of nitrogens with one attached hydrogen (secondary N) is 1. The molecule has 0 radical (unpaired) electrons. The van der Waals surface area contributed by atoms with Gasteiger partial charge in [-0.25, -0.2) is 13.1 Å². The van der Waals surface area contributed by atoms with Gasteiger partial charge in [-0.05, 0) is 13.8 Å². The number of aromatic nitrogens is 4. The Hall–Kier alpha value is -1.67. The van der Waals surface area contributed by atoms with Crippen LogP contribution in [-0.2, 0) is 9.84 Å². The number of sulfone groups is 1. The molecule has 2 rings (SSSR count). The van der Waals surface area contributed by atoms with Gasteiger partial charge in [-0.3, -0.25) is 9.89 Å². The molecule has 0 saturated carbocycles. The lowest BCUT2D eigenvalue weighted by Crippen LogP contribution is -2.15. The minimum Gasteiger partial charge on any atom is -0.286 e. The molecule has 0 aliphatic rings. The average Bonchev–Trinajstić information content (AvgIpc) is 2.78. The van der Waals surface area contributed by atoms with E-state index in [9.17, 15) is 13.2 Å². The number of hydrogen-bond acceptors (Lipinski definition) is 5. The first-order chi connectivity index (χ1) is 8.82. The maximum Gasteiger partial charge on any atom is 0.227 e. The first-order valence-corrected chi connectivity index (χ1v) is 7.29. The molecule has 19 heavy (non-hydrogen) atoms. The van der Waals surface area contributed by atoms with Gasteiger partial charge in [0.2, 0.25) is 11.2 Å². The van der Waals surface area contributed by atoms with Gasteiger partial charge in [0.25, 0.3) is 0 Å². The van der Waals surface area contributed by atoms with Crippen LogP contribution in [0.25, 0.3) is 5.82 Å². The normalized spacial score (nSPS) is 12.0. The minimum atomic E-state index is -3.43. The fourth-order valence-electron chi connectivity index (χ4n) is 1.38. The molecule has 0 aromatic carbocycles. The summed E-state index contributed by atoms with van der Waals surface area (Å²) in [6.07, 6.45) is 2.44. The van der Waals surface area contributed by atoms with E-state index in [4.69, 9.17) is 11.6 Å². The molecule has 9 heteroatoms. The molecule has 0 saturated heterocycles. The summed E-state index contributed by atoms with van der Waals surface area (Å²) in [7, 11) is -3.43. The molecule has 0 aliphatic heterocycles. The van der Waals surface area contributed by atoms with Crippen LogP contribution >= 0.6 is 11.6 Å². The van der Waals surface area contributed by atoms with E-state index in [0.717, 1.165) is 10.7 Å². The zero-order chi connectivity index (χ0) is 14.2. The molecule has 102 valence electrons. The highest BCUT2D eigenvalue weighted by atomic mass is 35.5. The third-order valence-electron chi connectivity index (χ3n) is 2.47. The van der Waals surface area contributed by atoms with Crippen LogP contribution in [0.4, 0.5) is 0 Å². The molecule has 7 nitrogen and oxygen atoms in total. The number of nitrogens with zero attached hydrogens (tertiary/aromatic N) is 3. The number of aromatic amines is 1. The summed E-state index contributed by atoms with van der Waals surface area (Å²) in [6.45, 7) is 3.14. The molecule has 0 aliphatic carbocycles. The van der Waals surface area contributed by atoms with Crippen LogP contribution in [0.1, 0.15) is 13.8 Å². The van der Waals surface area contributed by atoms with Gasteiger partial charge in [0.15, 0.2) is 9.84 Å². The zero-order valence-corrected chi connectivity index (χ0v) is 11.7. The Morgan fingerprint density at radius 3 is 2.68 bits per heavy atom. The van der Waals surface area contributed by atoms with Gasteiger partial charge < -0.3 is 0 Å². The van der Waals surface area contributed by atoms with Crippen molar-refractivity contribution < 1.29 is 8.42 Å². The lowest BCUT2D eigenvalue weighted by Gasteiger charge is -2.03. The van der Waals surface area contributed by atoms with Crippen molar-refractivity contribution in [2.24, 2.45) is 0 Å². The molecule has 2 aromatic heterocycles. The van der Waals surface area contributed by atoms with E-state index in [1.54, 1.807) is 13.8 Å². The fraction of sp³-hybridized carbons (Fsp3) is 0.300. The molecule has 0 bridgehead atoms. The standard InChI is InChI=1S/C10H11ClN4O3S/c1-6(2)19(17,18)7-4-12-15(5-7)10-8(16)3-9(11)13-14-10/h3-6H,1-2H3,(H,13,16). The first-order valence-electron chi connectivity index (χ1n) is 5.36. The molecule has 2 heterocycles. The van der Waals surface area contributed by atoms with Gasteiger partial charge in [0.05, 0.1) is 17.6 Å². The van der Waals surface area contributed by atoms with Gasteiger partial charge in [-0.2, -0.15) is 10.2 Å². The second-order valence-corrected chi connectivity index (χ2v) is 7.03. The average molecular weight is 303 g/mol. The molecule has 2 aromatic rings. The Balaban J connectivity index is 2.50. The molecule has 0 amide bonds. The molecular formula is C10H11ClN4O3S. The fourth-order valence-corrected chi connectivity index (χ4v) is 2.51. The summed E-state index contributed by atoms with van der Waals surface area (Å²) in [4.78, 5) is 11.7. The van der Waals surface area contributed by atoms with Crippen molar-refractivity contribution in [3.63, 3.8) is 0 Å². The Morgan fingerprint density at radius 1 is 1.42 bits per heavy atom. The third kappa shape index (κ3) is 2.54. The number of halogens is 1. The Bertz CT molecular complexity index is 763. The quantitative estimate of drug-likeness (QED) is 0.904. The summed E-state index contributed by atoms with van der Waals surface area (Å²) in [5, 5.41) is 9.50. The third-order valence-corrected chi connectivity index (χ3v) is 4.77. The number of H-pyrrole nitrogens is 1.